The van der Waals surface area contributed by atoms with Crippen molar-refractivity contribution in [2.24, 2.45) is 0 Å². The van der Waals surface area contributed by atoms with E-state index < -0.39 is 0 Å². The van der Waals surface area contributed by atoms with Crippen LogP contribution < -0.4 is 9.31 Å². The van der Waals surface area contributed by atoms with E-state index in [-0.39, 0.29) is 7.12 Å². The van der Waals surface area contributed by atoms with Crippen LogP contribution in [-0.4, -0.2) is 7.12 Å². The number of rotatable bonds is 8. The Kier molecular flexibility index (Phi) is 6.21. The molecule has 2 aromatic rings. The van der Waals surface area contributed by atoms with E-state index in [0.29, 0.717) is 6.42 Å². The van der Waals surface area contributed by atoms with Gasteiger partial charge in [-0.2, -0.15) is 5.26 Å². The standard InChI is InChI=1S/C17H18BNO2/c19-15-9-3-8-14-18(20-16-10-4-1-5-11-16)21-17-12-6-2-7-13-17/h1-2,4-7,10-13H,3,8-9,14H2. The first kappa shape index (κ1) is 15.0. The second-order valence-electron chi connectivity index (χ2n) is 4.70. The van der Waals surface area contributed by atoms with Gasteiger partial charge in [0.15, 0.2) is 0 Å². The van der Waals surface area contributed by atoms with Crippen LogP contribution in [0.5, 0.6) is 11.5 Å². The fourth-order valence-corrected chi connectivity index (χ4v) is 1.96. The summed E-state index contributed by atoms with van der Waals surface area (Å²) in [6, 6.07) is 21.5. The fraction of sp³-hybridized carbons (Fsp3) is 0.235. The molecule has 2 aromatic carbocycles. The van der Waals surface area contributed by atoms with Gasteiger partial charge in [0.25, 0.3) is 0 Å². The summed E-state index contributed by atoms with van der Waals surface area (Å²) in [6.45, 7) is 0. The van der Waals surface area contributed by atoms with Crippen LogP contribution in [-0.2, 0) is 0 Å². The second-order valence-corrected chi connectivity index (χ2v) is 4.70. The predicted molar refractivity (Wildman–Crippen MR) is 84.2 cm³/mol. The largest absolute Gasteiger partial charge is 0.594 e. The van der Waals surface area contributed by atoms with Gasteiger partial charge in [-0.3, -0.25) is 0 Å². The number of nitrogens with zero attached hydrogens (tertiary/aromatic N) is 1. The van der Waals surface area contributed by atoms with Gasteiger partial charge in [-0.05, 0) is 30.7 Å². The molecule has 0 amide bonds. The Morgan fingerprint density at radius 2 is 1.33 bits per heavy atom. The Hall–Kier alpha value is -2.41. The molecule has 0 atom stereocenters. The molecule has 4 heteroatoms. The molecule has 0 unspecified atom stereocenters. The van der Waals surface area contributed by atoms with Crippen LogP contribution in [0, 0.1) is 11.3 Å². The molecule has 0 saturated heterocycles. The molecule has 0 aliphatic heterocycles. The third-order valence-corrected chi connectivity index (χ3v) is 3.00. The maximum atomic E-state index is 8.59. The number of hydrogen-bond donors (Lipinski definition) is 0. The highest BCUT2D eigenvalue weighted by molar-refractivity contribution is 6.46. The minimum Gasteiger partial charge on any atom is -0.526 e. The van der Waals surface area contributed by atoms with Crippen molar-refractivity contribution >= 4 is 7.12 Å². The monoisotopic (exact) mass is 279 g/mol. The van der Waals surface area contributed by atoms with Crippen molar-refractivity contribution in [1.29, 1.82) is 5.26 Å². The summed E-state index contributed by atoms with van der Waals surface area (Å²) in [5.74, 6) is 1.58. The summed E-state index contributed by atoms with van der Waals surface area (Å²) in [6.07, 6.45) is 3.09. The number of para-hydroxylation sites is 2. The van der Waals surface area contributed by atoms with E-state index in [1.54, 1.807) is 0 Å². The van der Waals surface area contributed by atoms with Crippen LogP contribution in [0.2, 0.25) is 6.32 Å². The van der Waals surface area contributed by atoms with Crippen molar-refractivity contribution in [3.8, 4) is 17.6 Å². The van der Waals surface area contributed by atoms with Gasteiger partial charge in [0.2, 0.25) is 0 Å². The molecule has 0 aliphatic rings. The van der Waals surface area contributed by atoms with Crippen molar-refractivity contribution in [3.05, 3.63) is 60.7 Å². The Morgan fingerprint density at radius 1 is 0.810 bits per heavy atom. The van der Waals surface area contributed by atoms with Crippen molar-refractivity contribution < 1.29 is 9.31 Å². The minimum atomic E-state index is -0.339. The van der Waals surface area contributed by atoms with E-state index in [2.05, 4.69) is 6.07 Å². The molecule has 0 aliphatic carbocycles. The second kappa shape index (κ2) is 8.70. The lowest BCUT2D eigenvalue weighted by Gasteiger charge is -2.16. The molecule has 21 heavy (non-hydrogen) atoms. The SMILES string of the molecule is N#CCCCCB(Oc1ccccc1)Oc1ccccc1. The number of unbranched alkanes of at least 4 members (excludes halogenated alkanes) is 2. The number of nitriles is 1. The molecular formula is C17H18BNO2. The molecule has 0 saturated carbocycles. The lowest BCUT2D eigenvalue weighted by Crippen LogP contribution is -2.29. The number of benzene rings is 2. The summed E-state index contributed by atoms with van der Waals surface area (Å²) < 4.78 is 11.8. The first-order valence-corrected chi connectivity index (χ1v) is 7.19. The van der Waals surface area contributed by atoms with Crippen molar-refractivity contribution in [3.63, 3.8) is 0 Å². The van der Waals surface area contributed by atoms with Gasteiger partial charge in [-0.25, -0.2) is 0 Å². The van der Waals surface area contributed by atoms with E-state index in [1.165, 1.54) is 0 Å². The van der Waals surface area contributed by atoms with Gasteiger partial charge in [0, 0.05) is 12.7 Å². The molecule has 0 N–H and O–H groups in total. The lowest BCUT2D eigenvalue weighted by molar-refractivity contribution is 0.417. The van der Waals surface area contributed by atoms with Crippen LogP contribution in [0.15, 0.2) is 60.7 Å². The highest BCUT2D eigenvalue weighted by Crippen LogP contribution is 2.17. The lowest BCUT2D eigenvalue weighted by atomic mass is 9.81. The maximum absolute atomic E-state index is 8.59. The minimum absolute atomic E-state index is 0.339. The molecule has 106 valence electrons. The van der Waals surface area contributed by atoms with Gasteiger partial charge in [-0.1, -0.05) is 42.8 Å². The normalized spacial score (nSPS) is 9.67. The number of hydrogen-bond acceptors (Lipinski definition) is 3. The van der Waals surface area contributed by atoms with E-state index in [4.69, 9.17) is 14.6 Å². The van der Waals surface area contributed by atoms with Gasteiger partial charge in [-0.15, -0.1) is 0 Å². The molecule has 2 rings (SSSR count). The summed E-state index contributed by atoms with van der Waals surface area (Å²) >= 11 is 0. The Morgan fingerprint density at radius 3 is 1.81 bits per heavy atom. The molecule has 0 radical (unpaired) electrons. The predicted octanol–water partition coefficient (Wildman–Crippen LogP) is 4.33. The summed E-state index contributed by atoms with van der Waals surface area (Å²) in [4.78, 5) is 0. The van der Waals surface area contributed by atoms with Gasteiger partial charge in [0.1, 0.15) is 11.5 Å². The highest BCUT2D eigenvalue weighted by Gasteiger charge is 2.22. The van der Waals surface area contributed by atoms with Gasteiger partial charge >= 0.3 is 7.12 Å². The van der Waals surface area contributed by atoms with Gasteiger partial charge in [0.05, 0.1) is 6.07 Å². The smallest absolute Gasteiger partial charge is 0.526 e. The molecule has 0 bridgehead atoms. The maximum Gasteiger partial charge on any atom is 0.594 e. The van der Waals surface area contributed by atoms with Crippen LogP contribution in [0.1, 0.15) is 19.3 Å². The topological polar surface area (TPSA) is 42.2 Å². The zero-order valence-electron chi connectivity index (χ0n) is 11.9. The molecule has 0 spiro atoms. The van der Waals surface area contributed by atoms with Gasteiger partial charge < -0.3 is 9.31 Å². The third kappa shape index (κ3) is 5.62. The summed E-state index contributed by atoms with van der Waals surface area (Å²) in [5.41, 5.74) is 0. The zero-order valence-corrected chi connectivity index (χ0v) is 11.9. The summed E-state index contributed by atoms with van der Waals surface area (Å²) in [7, 11) is -0.339. The average molecular weight is 279 g/mol. The van der Waals surface area contributed by atoms with Crippen LogP contribution in [0.25, 0.3) is 0 Å². The van der Waals surface area contributed by atoms with E-state index in [0.717, 1.165) is 30.7 Å². The first-order chi connectivity index (χ1) is 10.4. The molecule has 0 aromatic heterocycles. The third-order valence-electron chi connectivity index (χ3n) is 3.00. The van der Waals surface area contributed by atoms with Crippen molar-refractivity contribution in [1.82, 2.24) is 0 Å². The van der Waals surface area contributed by atoms with Crippen molar-refractivity contribution in [2.75, 3.05) is 0 Å². The summed E-state index contributed by atoms with van der Waals surface area (Å²) in [5, 5.41) is 8.59. The molecule has 3 nitrogen and oxygen atoms in total. The van der Waals surface area contributed by atoms with Crippen LogP contribution >= 0.6 is 0 Å². The quantitative estimate of drug-likeness (QED) is 0.533. The molecule has 0 fully saturated rings. The molecular weight excluding hydrogens is 261 g/mol. The highest BCUT2D eigenvalue weighted by atomic mass is 16.6. The first-order valence-electron chi connectivity index (χ1n) is 7.19. The zero-order chi connectivity index (χ0) is 14.8. The Labute approximate surface area is 126 Å². The fourth-order valence-electron chi connectivity index (χ4n) is 1.96. The Balaban J connectivity index is 1.94. The van der Waals surface area contributed by atoms with Crippen LogP contribution in [0.3, 0.4) is 0 Å². The van der Waals surface area contributed by atoms with Crippen LogP contribution in [0.4, 0.5) is 0 Å². The molecule has 0 heterocycles. The van der Waals surface area contributed by atoms with E-state index >= 15 is 0 Å². The Bertz CT molecular complexity index is 513. The average Bonchev–Trinajstić information content (AvgIpc) is 2.53. The van der Waals surface area contributed by atoms with E-state index in [9.17, 15) is 0 Å². The van der Waals surface area contributed by atoms with Crippen molar-refractivity contribution in [2.45, 2.75) is 25.6 Å². The van der Waals surface area contributed by atoms with E-state index in [1.807, 2.05) is 60.7 Å².